The first-order valence-electron chi connectivity index (χ1n) is 6.46. The van der Waals surface area contributed by atoms with E-state index in [1.54, 1.807) is 0 Å². The molecule has 0 aliphatic rings. The lowest BCUT2D eigenvalue weighted by Crippen LogP contribution is -2.30. The fraction of sp³-hybridized carbons (Fsp3) is 0.692. The first-order chi connectivity index (χ1) is 8.49. The third-order valence-electron chi connectivity index (χ3n) is 2.64. The summed E-state index contributed by atoms with van der Waals surface area (Å²) in [4.78, 5) is 11.5. The number of nitrogens with zero attached hydrogens (tertiary/aromatic N) is 2. The van der Waals surface area contributed by atoms with E-state index in [0.717, 1.165) is 24.5 Å². The molecule has 2 N–H and O–H groups in total. The zero-order valence-electron chi connectivity index (χ0n) is 11.8. The lowest BCUT2D eigenvalue weighted by molar-refractivity contribution is -0.121. The summed E-state index contributed by atoms with van der Waals surface area (Å²) in [7, 11) is 1.93. The molecule has 5 heteroatoms. The van der Waals surface area contributed by atoms with Gasteiger partial charge in [-0.05, 0) is 18.9 Å². The summed E-state index contributed by atoms with van der Waals surface area (Å²) in [5, 5.41) is 10.4. The summed E-state index contributed by atoms with van der Waals surface area (Å²) >= 11 is 0. The number of carbonyl (C=O) groups excluding carboxylic acids is 1. The van der Waals surface area contributed by atoms with Gasteiger partial charge in [-0.3, -0.25) is 9.48 Å². The second kappa shape index (κ2) is 7.16. The molecule has 0 atom stereocenters. The van der Waals surface area contributed by atoms with Gasteiger partial charge in [-0.2, -0.15) is 5.10 Å². The molecule has 0 spiro atoms. The van der Waals surface area contributed by atoms with Gasteiger partial charge in [-0.1, -0.05) is 13.8 Å². The van der Waals surface area contributed by atoms with Crippen LogP contribution in [0, 0.1) is 12.8 Å². The van der Waals surface area contributed by atoms with Crippen LogP contribution in [0.5, 0.6) is 0 Å². The summed E-state index contributed by atoms with van der Waals surface area (Å²) in [5.74, 6) is 0.608. The SMILES string of the molecule is Cc1cc(CNCCC(=O)NCC(C)C)n(C)n1. The maximum absolute atomic E-state index is 11.5. The third kappa shape index (κ3) is 5.31. The van der Waals surface area contributed by atoms with Crippen LogP contribution in [0.15, 0.2) is 6.07 Å². The van der Waals surface area contributed by atoms with Gasteiger partial charge in [0.1, 0.15) is 0 Å². The van der Waals surface area contributed by atoms with Gasteiger partial charge >= 0.3 is 0 Å². The van der Waals surface area contributed by atoms with Crippen molar-refractivity contribution in [2.24, 2.45) is 13.0 Å². The van der Waals surface area contributed by atoms with Crippen LogP contribution in [-0.2, 0) is 18.4 Å². The maximum Gasteiger partial charge on any atom is 0.221 e. The van der Waals surface area contributed by atoms with Gasteiger partial charge in [0, 0.05) is 33.1 Å². The van der Waals surface area contributed by atoms with E-state index in [9.17, 15) is 4.79 Å². The van der Waals surface area contributed by atoms with Crippen LogP contribution in [0.1, 0.15) is 31.7 Å². The third-order valence-corrected chi connectivity index (χ3v) is 2.64. The van der Waals surface area contributed by atoms with E-state index in [0.29, 0.717) is 18.9 Å². The number of hydrogen-bond donors (Lipinski definition) is 2. The number of aromatic nitrogens is 2. The minimum atomic E-state index is 0.109. The molecule has 18 heavy (non-hydrogen) atoms. The number of amides is 1. The van der Waals surface area contributed by atoms with Gasteiger partial charge in [0.15, 0.2) is 0 Å². The molecule has 1 amide bonds. The molecule has 0 unspecified atom stereocenters. The highest BCUT2D eigenvalue weighted by atomic mass is 16.1. The first-order valence-corrected chi connectivity index (χ1v) is 6.46. The zero-order valence-corrected chi connectivity index (χ0v) is 11.8. The van der Waals surface area contributed by atoms with Crippen molar-refractivity contribution < 1.29 is 4.79 Å². The lowest BCUT2D eigenvalue weighted by Gasteiger charge is -2.08. The van der Waals surface area contributed by atoms with Gasteiger partial charge in [0.05, 0.1) is 11.4 Å². The Morgan fingerprint density at radius 1 is 1.50 bits per heavy atom. The summed E-state index contributed by atoms with van der Waals surface area (Å²) in [5.41, 5.74) is 2.15. The second-order valence-corrected chi connectivity index (χ2v) is 5.03. The van der Waals surface area contributed by atoms with E-state index in [1.807, 2.05) is 24.7 Å². The van der Waals surface area contributed by atoms with Crippen molar-refractivity contribution in [3.8, 4) is 0 Å². The Morgan fingerprint density at radius 2 is 2.22 bits per heavy atom. The highest BCUT2D eigenvalue weighted by molar-refractivity contribution is 5.76. The van der Waals surface area contributed by atoms with Gasteiger partial charge in [0.2, 0.25) is 5.91 Å². The molecule has 1 aromatic heterocycles. The Kier molecular flexibility index (Phi) is 5.85. The van der Waals surface area contributed by atoms with Crippen LogP contribution in [0.4, 0.5) is 0 Å². The molecule has 0 saturated carbocycles. The topological polar surface area (TPSA) is 59.0 Å². The molecule has 0 aliphatic carbocycles. The molecule has 0 bridgehead atoms. The molecule has 1 aromatic rings. The van der Waals surface area contributed by atoms with Crippen molar-refractivity contribution in [2.45, 2.75) is 33.7 Å². The van der Waals surface area contributed by atoms with Crippen molar-refractivity contribution >= 4 is 5.91 Å². The molecule has 5 nitrogen and oxygen atoms in total. The predicted octanol–water partition coefficient (Wildman–Crippen LogP) is 0.980. The van der Waals surface area contributed by atoms with Crippen molar-refractivity contribution in [2.75, 3.05) is 13.1 Å². The summed E-state index contributed by atoms with van der Waals surface area (Å²) in [6, 6.07) is 2.05. The smallest absolute Gasteiger partial charge is 0.221 e. The average molecular weight is 252 g/mol. The number of hydrogen-bond acceptors (Lipinski definition) is 3. The number of carbonyl (C=O) groups is 1. The summed E-state index contributed by atoms with van der Waals surface area (Å²) < 4.78 is 1.86. The second-order valence-electron chi connectivity index (χ2n) is 5.03. The standard InChI is InChI=1S/C13H24N4O/c1-10(2)8-15-13(18)5-6-14-9-12-7-11(3)16-17(12)4/h7,10,14H,5-6,8-9H2,1-4H3,(H,15,18). The molecule has 1 heterocycles. The summed E-state index contributed by atoms with van der Waals surface area (Å²) in [6.45, 7) is 8.33. The van der Waals surface area contributed by atoms with Crippen LogP contribution in [-0.4, -0.2) is 28.8 Å². The fourth-order valence-corrected chi connectivity index (χ4v) is 1.65. The highest BCUT2D eigenvalue weighted by Gasteiger charge is 2.03. The molecule has 0 aromatic carbocycles. The van der Waals surface area contributed by atoms with Gasteiger partial charge in [-0.15, -0.1) is 0 Å². The molecule has 0 fully saturated rings. The normalized spacial score (nSPS) is 10.9. The molecular formula is C13H24N4O. The Balaban J connectivity index is 2.15. The van der Waals surface area contributed by atoms with E-state index in [4.69, 9.17) is 0 Å². The number of aryl methyl sites for hydroxylation is 2. The van der Waals surface area contributed by atoms with Crippen LogP contribution >= 0.6 is 0 Å². The van der Waals surface area contributed by atoms with E-state index < -0.39 is 0 Å². The van der Waals surface area contributed by atoms with Gasteiger partial charge in [0.25, 0.3) is 0 Å². The van der Waals surface area contributed by atoms with Crippen LogP contribution in [0.25, 0.3) is 0 Å². The van der Waals surface area contributed by atoms with Gasteiger partial charge < -0.3 is 10.6 Å². The molecule has 102 valence electrons. The Bertz CT molecular complexity index is 384. The van der Waals surface area contributed by atoms with E-state index in [1.165, 1.54) is 0 Å². The van der Waals surface area contributed by atoms with Crippen LogP contribution in [0.3, 0.4) is 0 Å². The molecule has 0 aliphatic heterocycles. The van der Waals surface area contributed by atoms with Crippen molar-refractivity contribution in [1.29, 1.82) is 0 Å². The number of rotatable bonds is 7. The molecule has 0 radical (unpaired) electrons. The molecular weight excluding hydrogens is 228 g/mol. The monoisotopic (exact) mass is 252 g/mol. The lowest BCUT2D eigenvalue weighted by atomic mass is 10.2. The van der Waals surface area contributed by atoms with E-state index in [-0.39, 0.29) is 5.91 Å². The molecule has 0 saturated heterocycles. The van der Waals surface area contributed by atoms with Crippen LogP contribution in [0.2, 0.25) is 0 Å². The Morgan fingerprint density at radius 3 is 2.78 bits per heavy atom. The highest BCUT2D eigenvalue weighted by Crippen LogP contribution is 2.00. The predicted molar refractivity (Wildman–Crippen MR) is 72.1 cm³/mol. The zero-order chi connectivity index (χ0) is 13.5. The quantitative estimate of drug-likeness (QED) is 0.711. The summed E-state index contributed by atoms with van der Waals surface area (Å²) in [6.07, 6.45) is 0.517. The fourth-order valence-electron chi connectivity index (χ4n) is 1.65. The Labute approximate surface area is 109 Å². The van der Waals surface area contributed by atoms with Gasteiger partial charge in [-0.25, -0.2) is 0 Å². The van der Waals surface area contributed by atoms with E-state index >= 15 is 0 Å². The maximum atomic E-state index is 11.5. The average Bonchev–Trinajstić information content (AvgIpc) is 2.60. The van der Waals surface area contributed by atoms with Crippen molar-refractivity contribution in [1.82, 2.24) is 20.4 Å². The number of nitrogens with one attached hydrogen (secondary N) is 2. The minimum absolute atomic E-state index is 0.109. The first kappa shape index (κ1) is 14.7. The molecule has 1 rings (SSSR count). The van der Waals surface area contributed by atoms with Crippen LogP contribution < -0.4 is 10.6 Å². The largest absolute Gasteiger partial charge is 0.356 e. The Hall–Kier alpha value is -1.36. The van der Waals surface area contributed by atoms with Crippen molar-refractivity contribution in [3.63, 3.8) is 0 Å². The van der Waals surface area contributed by atoms with Crippen molar-refractivity contribution in [3.05, 3.63) is 17.5 Å². The van der Waals surface area contributed by atoms with E-state index in [2.05, 4.69) is 29.6 Å². The minimum Gasteiger partial charge on any atom is -0.356 e.